The molecule has 6 nitrogen and oxygen atoms in total. The highest BCUT2D eigenvalue weighted by Crippen LogP contribution is 2.27. The van der Waals surface area contributed by atoms with Crippen LogP contribution in [0.25, 0.3) is 0 Å². The Morgan fingerprint density at radius 1 is 1.07 bits per heavy atom. The molecule has 0 radical (unpaired) electrons. The number of benzene rings is 2. The molecule has 158 valence electrons. The lowest BCUT2D eigenvalue weighted by molar-refractivity contribution is -0.118. The van der Waals surface area contributed by atoms with Crippen molar-refractivity contribution in [1.29, 1.82) is 0 Å². The third-order valence-electron chi connectivity index (χ3n) is 3.91. The van der Waals surface area contributed by atoms with Gasteiger partial charge in [-0.2, -0.15) is 11.8 Å². The van der Waals surface area contributed by atoms with Gasteiger partial charge in [0, 0.05) is 28.0 Å². The minimum atomic E-state index is -0.262. The molecule has 3 rings (SSSR count). The maximum atomic E-state index is 12.1. The molecule has 0 saturated heterocycles. The van der Waals surface area contributed by atoms with E-state index < -0.39 is 0 Å². The van der Waals surface area contributed by atoms with E-state index >= 15 is 0 Å². The van der Waals surface area contributed by atoms with E-state index in [-0.39, 0.29) is 12.5 Å². The Morgan fingerprint density at radius 3 is 2.43 bits per heavy atom. The molecule has 1 amide bonds. The summed E-state index contributed by atoms with van der Waals surface area (Å²) in [6.07, 6.45) is 0. The molecule has 2 aromatic carbocycles. The van der Waals surface area contributed by atoms with Gasteiger partial charge in [0.05, 0.1) is 19.9 Å². The summed E-state index contributed by atoms with van der Waals surface area (Å²) in [5, 5.41) is 5.87. The first-order chi connectivity index (χ1) is 14.6. The standard InChI is InChI=1S/C21H21ClN2O4S2/c1-26-18-7-14(8-19(9-18)27-2)11-29-12-16-13-30-21(23-16)24-20(25)10-28-17-5-3-15(22)4-6-17/h3-9,13H,10-12H2,1-2H3,(H,23,24,25). The molecule has 0 aliphatic rings. The first kappa shape index (κ1) is 22.3. The third-order valence-corrected chi connectivity index (χ3v) is 6.01. The van der Waals surface area contributed by atoms with Gasteiger partial charge in [0.25, 0.3) is 5.91 Å². The molecule has 0 aliphatic heterocycles. The molecule has 1 heterocycles. The minimum Gasteiger partial charge on any atom is -0.497 e. The lowest BCUT2D eigenvalue weighted by Crippen LogP contribution is -2.20. The number of hydrogen-bond acceptors (Lipinski definition) is 7. The number of nitrogens with zero attached hydrogens (tertiary/aromatic N) is 1. The van der Waals surface area contributed by atoms with E-state index in [4.69, 9.17) is 25.8 Å². The summed E-state index contributed by atoms with van der Waals surface area (Å²) in [4.78, 5) is 16.5. The van der Waals surface area contributed by atoms with Gasteiger partial charge in [0.2, 0.25) is 0 Å². The number of carbonyl (C=O) groups is 1. The zero-order valence-corrected chi connectivity index (χ0v) is 18.9. The second-order valence-corrected chi connectivity index (χ2v) is 8.43. The van der Waals surface area contributed by atoms with Crippen LogP contribution in [0, 0.1) is 0 Å². The maximum Gasteiger partial charge on any atom is 0.264 e. The van der Waals surface area contributed by atoms with Crippen molar-refractivity contribution in [3.63, 3.8) is 0 Å². The lowest BCUT2D eigenvalue weighted by atomic mass is 10.2. The number of ether oxygens (including phenoxy) is 3. The molecule has 30 heavy (non-hydrogen) atoms. The molecule has 0 spiro atoms. The minimum absolute atomic E-state index is 0.0943. The zero-order chi connectivity index (χ0) is 21.3. The summed E-state index contributed by atoms with van der Waals surface area (Å²) in [5.74, 6) is 3.38. The first-order valence-corrected chi connectivity index (χ1v) is 11.4. The number of amides is 1. The summed E-state index contributed by atoms with van der Waals surface area (Å²) in [5.41, 5.74) is 2.02. The molecule has 0 unspecified atom stereocenters. The Bertz CT molecular complexity index is 957. The second kappa shape index (κ2) is 11.1. The van der Waals surface area contributed by atoms with Gasteiger partial charge in [-0.15, -0.1) is 11.3 Å². The average molecular weight is 465 g/mol. The van der Waals surface area contributed by atoms with Crippen molar-refractivity contribution in [3.8, 4) is 17.2 Å². The predicted octanol–water partition coefficient (Wildman–Crippen LogP) is 5.26. The van der Waals surface area contributed by atoms with E-state index in [1.54, 1.807) is 50.2 Å². The number of hydrogen-bond donors (Lipinski definition) is 1. The Hall–Kier alpha value is -2.42. The SMILES string of the molecule is COc1cc(CSCc2csc(NC(=O)COc3ccc(Cl)cc3)n2)cc(OC)c1. The Labute approximate surface area is 188 Å². The van der Waals surface area contributed by atoms with Crippen LogP contribution in [0.3, 0.4) is 0 Å². The number of methoxy groups -OCH3 is 2. The van der Waals surface area contributed by atoms with Crippen molar-refractivity contribution in [2.75, 3.05) is 26.1 Å². The van der Waals surface area contributed by atoms with Crippen LogP contribution in [0.15, 0.2) is 47.8 Å². The van der Waals surface area contributed by atoms with Crippen LogP contribution in [0.2, 0.25) is 5.02 Å². The van der Waals surface area contributed by atoms with Crippen molar-refractivity contribution in [1.82, 2.24) is 4.98 Å². The normalized spacial score (nSPS) is 10.5. The second-order valence-electron chi connectivity index (χ2n) is 6.15. The van der Waals surface area contributed by atoms with Gasteiger partial charge in [-0.3, -0.25) is 10.1 Å². The number of carbonyl (C=O) groups excluding carboxylic acids is 1. The summed E-state index contributed by atoms with van der Waals surface area (Å²) < 4.78 is 16.0. The van der Waals surface area contributed by atoms with Gasteiger partial charge in [-0.05, 0) is 42.0 Å². The highest BCUT2D eigenvalue weighted by atomic mass is 35.5. The monoisotopic (exact) mass is 464 g/mol. The molecule has 0 atom stereocenters. The number of thioether (sulfide) groups is 1. The highest BCUT2D eigenvalue weighted by Gasteiger charge is 2.09. The molecular formula is C21H21ClN2O4S2. The Balaban J connectivity index is 1.44. The van der Waals surface area contributed by atoms with Crippen LogP contribution in [0.4, 0.5) is 5.13 Å². The van der Waals surface area contributed by atoms with E-state index in [0.717, 1.165) is 34.3 Å². The maximum absolute atomic E-state index is 12.1. The van der Waals surface area contributed by atoms with Crippen molar-refractivity contribution >= 4 is 45.7 Å². The Morgan fingerprint density at radius 2 is 1.77 bits per heavy atom. The van der Waals surface area contributed by atoms with Crippen LogP contribution in [0.5, 0.6) is 17.2 Å². The van der Waals surface area contributed by atoms with E-state index in [0.29, 0.717) is 15.9 Å². The molecule has 0 saturated carbocycles. The summed E-state index contributed by atoms with van der Waals surface area (Å²) in [6, 6.07) is 12.7. The first-order valence-electron chi connectivity index (χ1n) is 8.98. The predicted molar refractivity (Wildman–Crippen MR) is 122 cm³/mol. The number of rotatable bonds is 10. The van der Waals surface area contributed by atoms with E-state index in [1.807, 2.05) is 23.6 Å². The number of nitrogens with one attached hydrogen (secondary N) is 1. The van der Waals surface area contributed by atoms with Gasteiger partial charge < -0.3 is 14.2 Å². The summed E-state index contributed by atoms with van der Waals surface area (Å²) in [7, 11) is 3.27. The van der Waals surface area contributed by atoms with Gasteiger partial charge in [-0.1, -0.05) is 11.6 Å². The summed E-state index contributed by atoms with van der Waals surface area (Å²) >= 11 is 8.94. The fraction of sp³-hybridized carbons (Fsp3) is 0.238. The average Bonchev–Trinajstić information content (AvgIpc) is 3.20. The summed E-state index contributed by atoms with van der Waals surface area (Å²) in [6.45, 7) is -0.0943. The number of anilines is 1. The van der Waals surface area contributed by atoms with Crippen LogP contribution in [0.1, 0.15) is 11.3 Å². The van der Waals surface area contributed by atoms with Gasteiger partial charge >= 0.3 is 0 Å². The highest BCUT2D eigenvalue weighted by molar-refractivity contribution is 7.97. The lowest BCUT2D eigenvalue weighted by Gasteiger charge is -2.08. The van der Waals surface area contributed by atoms with Gasteiger partial charge in [0.15, 0.2) is 11.7 Å². The van der Waals surface area contributed by atoms with Crippen LogP contribution >= 0.6 is 34.7 Å². The number of thiazole rings is 1. The van der Waals surface area contributed by atoms with Gasteiger partial charge in [-0.25, -0.2) is 4.98 Å². The molecular weight excluding hydrogens is 444 g/mol. The largest absolute Gasteiger partial charge is 0.497 e. The smallest absolute Gasteiger partial charge is 0.264 e. The molecule has 0 fully saturated rings. The van der Waals surface area contributed by atoms with Crippen molar-refractivity contribution < 1.29 is 19.0 Å². The van der Waals surface area contributed by atoms with E-state index in [1.165, 1.54) is 11.3 Å². The zero-order valence-electron chi connectivity index (χ0n) is 16.5. The van der Waals surface area contributed by atoms with Crippen molar-refractivity contribution in [2.45, 2.75) is 11.5 Å². The van der Waals surface area contributed by atoms with E-state index in [2.05, 4.69) is 10.3 Å². The number of halogens is 1. The Kier molecular flexibility index (Phi) is 8.24. The molecule has 0 bridgehead atoms. The van der Waals surface area contributed by atoms with Gasteiger partial charge in [0.1, 0.15) is 17.2 Å². The molecule has 0 aliphatic carbocycles. The van der Waals surface area contributed by atoms with Crippen LogP contribution in [-0.2, 0) is 16.3 Å². The number of aromatic nitrogens is 1. The fourth-order valence-corrected chi connectivity index (χ4v) is 4.31. The molecule has 1 N–H and O–H groups in total. The van der Waals surface area contributed by atoms with Crippen LogP contribution < -0.4 is 19.5 Å². The van der Waals surface area contributed by atoms with Crippen LogP contribution in [-0.4, -0.2) is 31.7 Å². The molecule has 9 heteroatoms. The third kappa shape index (κ3) is 6.83. The fourth-order valence-electron chi connectivity index (χ4n) is 2.49. The van der Waals surface area contributed by atoms with E-state index in [9.17, 15) is 4.79 Å². The molecule has 1 aromatic heterocycles. The molecule has 3 aromatic rings. The van der Waals surface area contributed by atoms with Crippen molar-refractivity contribution in [2.24, 2.45) is 0 Å². The van der Waals surface area contributed by atoms with Crippen molar-refractivity contribution in [3.05, 3.63) is 64.1 Å². The topological polar surface area (TPSA) is 69.7 Å². The quantitative estimate of drug-likeness (QED) is 0.441.